The zero-order valence-electron chi connectivity index (χ0n) is 19.7. The lowest BCUT2D eigenvalue weighted by atomic mass is 9.64. The average Bonchev–Trinajstić information content (AvgIpc) is 2.83. The fraction of sp³-hybridized carbons (Fsp3) is 0.640. The number of benzene rings is 1. The average molecular weight is 428 g/mol. The van der Waals surface area contributed by atoms with E-state index in [2.05, 4.69) is 57.4 Å². The Morgan fingerprint density at radius 2 is 1.81 bits per heavy atom. The lowest BCUT2D eigenvalue weighted by Gasteiger charge is -2.43. The van der Waals surface area contributed by atoms with Gasteiger partial charge in [0.05, 0.1) is 6.04 Å². The Labute approximate surface area is 186 Å². The van der Waals surface area contributed by atoms with E-state index in [0.29, 0.717) is 24.7 Å². The van der Waals surface area contributed by atoms with Crippen molar-refractivity contribution in [2.24, 2.45) is 17.3 Å². The SMILES string of the molecule is CC(C)Cc1ccc(C(C)NC(=O)CN2C(=O)NC3(CC(C)CC(C)(C)C3)C2=O)cc1. The predicted molar refractivity (Wildman–Crippen MR) is 121 cm³/mol. The van der Waals surface area contributed by atoms with Crippen molar-refractivity contribution in [2.75, 3.05) is 6.54 Å². The number of hydrogen-bond donors (Lipinski definition) is 2. The maximum Gasteiger partial charge on any atom is 0.325 e. The molecule has 2 fully saturated rings. The number of carbonyl (C=O) groups excluding carboxylic acids is 3. The van der Waals surface area contributed by atoms with E-state index < -0.39 is 11.6 Å². The summed E-state index contributed by atoms with van der Waals surface area (Å²) >= 11 is 0. The van der Waals surface area contributed by atoms with E-state index in [1.54, 1.807) is 0 Å². The Hall–Kier alpha value is -2.37. The highest BCUT2D eigenvalue weighted by Gasteiger charge is 2.56. The van der Waals surface area contributed by atoms with Gasteiger partial charge in [0.15, 0.2) is 0 Å². The van der Waals surface area contributed by atoms with Crippen LogP contribution in [0.5, 0.6) is 0 Å². The lowest BCUT2D eigenvalue weighted by Crippen LogP contribution is -2.54. The summed E-state index contributed by atoms with van der Waals surface area (Å²) in [5.74, 6) is 0.328. The number of imide groups is 1. The number of nitrogens with zero attached hydrogens (tertiary/aromatic N) is 1. The molecule has 1 aliphatic carbocycles. The summed E-state index contributed by atoms with van der Waals surface area (Å²) in [6, 6.07) is 7.56. The van der Waals surface area contributed by atoms with Crippen LogP contribution in [0.4, 0.5) is 4.79 Å². The van der Waals surface area contributed by atoms with E-state index in [-0.39, 0.29) is 29.8 Å². The van der Waals surface area contributed by atoms with Crippen LogP contribution in [0.1, 0.15) is 78.0 Å². The van der Waals surface area contributed by atoms with E-state index in [9.17, 15) is 14.4 Å². The third kappa shape index (κ3) is 5.28. The predicted octanol–water partition coefficient (Wildman–Crippen LogP) is 4.20. The zero-order chi connectivity index (χ0) is 23.0. The van der Waals surface area contributed by atoms with Gasteiger partial charge in [-0.25, -0.2) is 4.79 Å². The van der Waals surface area contributed by atoms with Gasteiger partial charge in [-0.1, -0.05) is 58.9 Å². The number of urea groups is 1. The van der Waals surface area contributed by atoms with Crippen molar-refractivity contribution in [1.82, 2.24) is 15.5 Å². The monoisotopic (exact) mass is 427 g/mol. The minimum Gasteiger partial charge on any atom is -0.348 e. The van der Waals surface area contributed by atoms with Gasteiger partial charge in [0.2, 0.25) is 5.91 Å². The molecule has 1 spiro atoms. The van der Waals surface area contributed by atoms with Crippen molar-refractivity contribution in [1.29, 1.82) is 0 Å². The van der Waals surface area contributed by atoms with Crippen LogP contribution >= 0.6 is 0 Å². The van der Waals surface area contributed by atoms with Crippen LogP contribution < -0.4 is 10.6 Å². The summed E-state index contributed by atoms with van der Waals surface area (Å²) < 4.78 is 0. The van der Waals surface area contributed by atoms with Crippen LogP contribution in [-0.4, -0.2) is 34.8 Å². The smallest absolute Gasteiger partial charge is 0.325 e. The first kappa shape index (κ1) is 23.3. The number of nitrogens with one attached hydrogen (secondary N) is 2. The third-order valence-corrected chi connectivity index (χ3v) is 6.43. The molecular weight excluding hydrogens is 390 g/mol. The lowest BCUT2D eigenvalue weighted by molar-refractivity contribution is -0.137. The molecule has 31 heavy (non-hydrogen) atoms. The fourth-order valence-electron chi connectivity index (χ4n) is 5.58. The van der Waals surface area contributed by atoms with Crippen LogP contribution in [0, 0.1) is 17.3 Å². The highest BCUT2D eigenvalue weighted by molar-refractivity contribution is 6.09. The standard InChI is InChI=1S/C25H37N3O3/c1-16(2)11-19-7-9-20(10-8-19)18(4)26-21(29)14-28-22(30)25(27-23(28)31)13-17(3)12-24(5,6)15-25/h7-10,16-18H,11-15H2,1-6H3,(H,26,29)(H,27,31). The number of rotatable bonds is 6. The first-order valence-corrected chi connectivity index (χ1v) is 11.4. The quantitative estimate of drug-likeness (QED) is 0.668. The van der Waals surface area contributed by atoms with Gasteiger partial charge in [0, 0.05) is 0 Å². The van der Waals surface area contributed by atoms with Gasteiger partial charge in [-0.2, -0.15) is 0 Å². The molecule has 1 heterocycles. The molecule has 3 rings (SSSR count). The molecule has 2 aliphatic rings. The number of carbonyl (C=O) groups is 3. The molecule has 4 amide bonds. The highest BCUT2D eigenvalue weighted by atomic mass is 16.2. The summed E-state index contributed by atoms with van der Waals surface area (Å²) in [4.78, 5) is 39.6. The minimum atomic E-state index is -0.879. The van der Waals surface area contributed by atoms with Crippen LogP contribution in [-0.2, 0) is 16.0 Å². The molecule has 1 aromatic rings. The van der Waals surface area contributed by atoms with Crippen molar-refractivity contribution in [3.05, 3.63) is 35.4 Å². The molecule has 1 saturated carbocycles. The summed E-state index contributed by atoms with van der Waals surface area (Å²) in [6.45, 7) is 12.4. The third-order valence-electron chi connectivity index (χ3n) is 6.43. The number of amides is 4. The molecule has 6 nitrogen and oxygen atoms in total. The Kier molecular flexibility index (Phi) is 6.49. The molecule has 170 valence electrons. The molecule has 3 atom stereocenters. The van der Waals surface area contributed by atoms with E-state index in [1.165, 1.54) is 5.56 Å². The van der Waals surface area contributed by atoms with E-state index in [1.807, 2.05) is 19.1 Å². The molecular formula is C25H37N3O3. The molecule has 0 bridgehead atoms. The molecule has 0 aromatic heterocycles. The molecule has 1 aliphatic heterocycles. The maximum absolute atomic E-state index is 13.2. The van der Waals surface area contributed by atoms with Gasteiger partial charge in [-0.15, -0.1) is 0 Å². The van der Waals surface area contributed by atoms with Crippen molar-refractivity contribution < 1.29 is 14.4 Å². The Morgan fingerprint density at radius 3 is 2.39 bits per heavy atom. The van der Waals surface area contributed by atoms with Crippen LogP contribution in [0.3, 0.4) is 0 Å². The Bertz CT molecular complexity index is 846. The van der Waals surface area contributed by atoms with Gasteiger partial charge < -0.3 is 10.6 Å². The second kappa shape index (κ2) is 8.64. The second-order valence-electron chi connectivity index (χ2n) is 10.9. The molecule has 0 radical (unpaired) electrons. The van der Waals surface area contributed by atoms with Crippen molar-refractivity contribution in [2.45, 2.75) is 78.8 Å². The maximum atomic E-state index is 13.2. The van der Waals surface area contributed by atoms with Gasteiger partial charge in [0.25, 0.3) is 5.91 Å². The zero-order valence-corrected chi connectivity index (χ0v) is 19.7. The largest absolute Gasteiger partial charge is 0.348 e. The van der Waals surface area contributed by atoms with E-state index in [4.69, 9.17) is 0 Å². The van der Waals surface area contributed by atoms with Crippen molar-refractivity contribution in [3.8, 4) is 0 Å². The summed E-state index contributed by atoms with van der Waals surface area (Å²) in [6.07, 6.45) is 3.26. The van der Waals surface area contributed by atoms with Crippen LogP contribution in [0.2, 0.25) is 0 Å². The van der Waals surface area contributed by atoms with Gasteiger partial charge in [-0.3, -0.25) is 14.5 Å². The second-order valence-corrected chi connectivity index (χ2v) is 10.9. The Morgan fingerprint density at radius 1 is 1.16 bits per heavy atom. The van der Waals surface area contributed by atoms with E-state index in [0.717, 1.165) is 23.3 Å². The number of hydrogen-bond acceptors (Lipinski definition) is 3. The van der Waals surface area contributed by atoms with Gasteiger partial charge >= 0.3 is 6.03 Å². The van der Waals surface area contributed by atoms with E-state index >= 15 is 0 Å². The summed E-state index contributed by atoms with van der Waals surface area (Å²) in [5.41, 5.74) is 1.36. The highest BCUT2D eigenvalue weighted by Crippen LogP contribution is 2.46. The minimum absolute atomic E-state index is 0.0326. The summed E-state index contributed by atoms with van der Waals surface area (Å²) in [7, 11) is 0. The topological polar surface area (TPSA) is 78.5 Å². The first-order valence-electron chi connectivity index (χ1n) is 11.4. The molecule has 1 aromatic carbocycles. The van der Waals surface area contributed by atoms with Crippen molar-refractivity contribution >= 4 is 17.8 Å². The molecule has 3 unspecified atom stereocenters. The van der Waals surface area contributed by atoms with Crippen LogP contribution in [0.25, 0.3) is 0 Å². The van der Waals surface area contributed by atoms with Crippen molar-refractivity contribution in [3.63, 3.8) is 0 Å². The molecule has 2 N–H and O–H groups in total. The molecule has 1 saturated heterocycles. The molecule has 6 heteroatoms. The first-order chi connectivity index (χ1) is 14.4. The van der Waals surface area contributed by atoms with Crippen LogP contribution in [0.15, 0.2) is 24.3 Å². The fourth-order valence-corrected chi connectivity index (χ4v) is 5.58. The Balaban J connectivity index is 1.62. The summed E-state index contributed by atoms with van der Waals surface area (Å²) in [5, 5.41) is 5.85. The van der Waals surface area contributed by atoms with Gasteiger partial charge in [0.1, 0.15) is 12.1 Å². The normalized spacial score (nSPS) is 26.3. The van der Waals surface area contributed by atoms with Gasteiger partial charge in [-0.05, 0) is 61.0 Å².